The van der Waals surface area contributed by atoms with Crippen molar-refractivity contribution in [2.24, 2.45) is 0 Å². The predicted octanol–water partition coefficient (Wildman–Crippen LogP) is -0.264. The molecule has 0 saturated carbocycles. The van der Waals surface area contributed by atoms with E-state index in [1.54, 1.807) is 0 Å². The van der Waals surface area contributed by atoms with Gasteiger partial charge in [-0.3, -0.25) is 9.12 Å². The maximum Gasteiger partial charge on any atom is 0.357 e. The van der Waals surface area contributed by atoms with Crippen LogP contribution in [0.5, 0.6) is 0 Å². The van der Waals surface area contributed by atoms with Gasteiger partial charge in [0.15, 0.2) is 0 Å². The van der Waals surface area contributed by atoms with Crippen molar-refractivity contribution >= 4 is 23.0 Å². The van der Waals surface area contributed by atoms with E-state index < -0.39 is 27.9 Å². The lowest BCUT2D eigenvalue weighted by Gasteiger charge is -2.07. The fourth-order valence-electron chi connectivity index (χ4n) is 0.916. The van der Waals surface area contributed by atoms with Gasteiger partial charge in [0.1, 0.15) is 4.90 Å². The molecule has 3 N–H and O–H groups in total. The van der Waals surface area contributed by atoms with E-state index in [0.717, 1.165) is 12.1 Å². The van der Waals surface area contributed by atoms with Crippen molar-refractivity contribution in [3.8, 4) is 0 Å². The summed E-state index contributed by atoms with van der Waals surface area (Å²) in [5.41, 5.74) is 0. The van der Waals surface area contributed by atoms with Crippen LogP contribution in [0.3, 0.4) is 0 Å². The smallest absolute Gasteiger partial charge is 0.321 e. The summed E-state index contributed by atoms with van der Waals surface area (Å²) in [6, 6.07) is 4.39. The molecule has 0 spiro atoms. The molecule has 78 valence electrons. The average Bonchev–Trinajstić information content (AvgIpc) is 2.01. The maximum atomic E-state index is 10.8. The number of hydrogen-bond donors (Lipinski definition) is 3. The van der Waals surface area contributed by atoms with E-state index >= 15 is 0 Å². The fourth-order valence-corrected chi connectivity index (χ4v) is 2.84. The van der Waals surface area contributed by atoms with Crippen LogP contribution in [0, 0.1) is 0 Å². The van der Waals surface area contributed by atoms with Gasteiger partial charge in [0.05, 0.1) is 5.30 Å². The third kappa shape index (κ3) is 2.40. The molecule has 1 rings (SSSR count). The molecule has 0 aliphatic heterocycles. The maximum absolute atomic E-state index is 10.8. The molecule has 0 bridgehead atoms. The largest absolute Gasteiger partial charge is 0.357 e. The Hall–Kier alpha value is -0.720. The van der Waals surface area contributed by atoms with Crippen molar-refractivity contribution in [1.29, 1.82) is 0 Å². The van der Waals surface area contributed by atoms with Gasteiger partial charge in [-0.2, -0.15) is 8.42 Å². The molecule has 0 radical (unpaired) electrons. The minimum absolute atomic E-state index is 0.706. The number of benzene rings is 1. The molecule has 1 aromatic carbocycles. The Morgan fingerprint density at radius 3 is 2.00 bits per heavy atom. The van der Waals surface area contributed by atoms with E-state index in [4.69, 9.17) is 14.3 Å². The number of hydrogen-bond acceptors (Lipinski definition) is 3. The quantitative estimate of drug-likeness (QED) is 0.483. The van der Waals surface area contributed by atoms with Gasteiger partial charge in [0.25, 0.3) is 10.1 Å². The molecule has 0 fully saturated rings. The van der Waals surface area contributed by atoms with Crippen molar-refractivity contribution < 1.29 is 27.3 Å². The molecule has 0 amide bonds. The van der Waals surface area contributed by atoms with Gasteiger partial charge in [-0.15, -0.1) is 0 Å². The third-order valence-electron chi connectivity index (χ3n) is 1.46. The van der Waals surface area contributed by atoms with Gasteiger partial charge in [-0.05, 0) is 12.1 Å². The molecule has 0 saturated heterocycles. The summed E-state index contributed by atoms with van der Waals surface area (Å²) >= 11 is 0. The van der Waals surface area contributed by atoms with Crippen LogP contribution < -0.4 is 5.30 Å². The van der Waals surface area contributed by atoms with Crippen molar-refractivity contribution in [2.45, 2.75) is 4.90 Å². The number of rotatable bonds is 2. The highest BCUT2D eigenvalue weighted by molar-refractivity contribution is 7.86. The van der Waals surface area contributed by atoms with Crippen molar-refractivity contribution in [2.75, 3.05) is 0 Å². The minimum Gasteiger partial charge on any atom is -0.321 e. The molecular formula is C6H7O6PS. The highest BCUT2D eigenvalue weighted by Crippen LogP contribution is 2.35. The minimum atomic E-state index is -4.69. The van der Waals surface area contributed by atoms with Gasteiger partial charge in [0.2, 0.25) is 0 Å². The molecule has 0 heterocycles. The van der Waals surface area contributed by atoms with Crippen LogP contribution in [0.15, 0.2) is 29.2 Å². The second kappa shape index (κ2) is 3.45. The van der Waals surface area contributed by atoms with Crippen LogP contribution >= 0.6 is 7.60 Å². The Balaban J connectivity index is 3.55. The first kappa shape index (κ1) is 11.4. The molecule has 0 aromatic heterocycles. The van der Waals surface area contributed by atoms with Crippen LogP contribution in [-0.2, 0) is 14.7 Å². The summed E-state index contributed by atoms with van der Waals surface area (Å²) in [6.45, 7) is 0. The molecule has 14 heavy (non-hydrogen) atoms. The van der Waals surface area contributed by atoms with Crippen molar-refractivity contribution in [3.05, 3.63) is 24.3 Å². The van der Waals surface area contributed by atoms with Crippen molar-refractivity contribution in [1.82, 2.24) is 0 Å². The predicted molar refractivity (Wildman–Crippen MR) is 47.9 cm³/mol. The summed E-state index contributed by atoms with van der Waals surface area (Å²) < 4.78 is 40.9. The molecule has 6 nitrogen and oxygen atoms in total. The lowest BCUT2D eigenvalue weighted by molar-refractivity contribution is 0.386. The topological polar surface area (TPSA) is 112 Å². The van der Waals surface area contributed by atoms with Gasteiger partial charge in [0, 0.05) is 0 Å². The lowest BCUT2D eigenvalue weighted by atomic mass is 10.4. The first-order valence-electron chi connectivity index (χ1n) is 3.35. The second-order valence-corrected chi connectivity index (χ2v) is 5.45. The molecule has 0 unspecified atom stereocenters. The summed E-state index contributed by atoms with van der Waals surface area (Å²) in [7, 11) is -9.30. The summed E-state index contributed by atoms with van der Waals surface area (Å²) in [4.78, 5) is 16.8. The van der Waals surface area contributed by atoms with E-state index in [9.17, 15) is 13.0 Å². The second-order valence-electron chi connectivity index (χ2n) is 2.49. The summed E-state index contributed by atoms with van der Waals surface area (Å²) in [5, 5.41) is -0.706. The van der Waals surface area contributed by atoms with Gasteiger partial charge in [-0.25, -0.2) is 0 Å². The van der Waals surface area contributed by atoms with E-state index in [1.165, 1.54) is 12.1 Å². The Kier molecular flexibility index (Phi) is 2.80. The van der Waals surface area contributed by atoms with E-state index in [-0.39, 0.29) is 0 Å². The Morgan fingerprint density at radius 1 is 1.14 bits per heavy atom. The zero-order valence-electron chi connectivity index (χ0n) is 6.73. The lowest BCUT2D eigenvalue weighted by Crippen LogP contribution is -2.14. The standard InChI is InChI=1S/C6H7O6PS/c7-13(8,9)5-3-1-2-4-6(5)14(10,11)12/h1-4H,(H2,7,8,9)(H,10,11,12). The summed E-state index contributed by atoms with van der Waals surface area (Å²) in [6.07, 6.45) is 0. The Bertz CT molecular complexity index is 487. The average molecular weight is 238 g/mol. The van der Waals surface area contributed by atoms with Crippen LogP contribution in [0.1, 0.15) is 0 Å². The normalized spacial score (nSPS) is 12.8. The van der Waals surface area contributed by atoms with Crippen molar-refractivity contribution in [3.63, 3.8) is 0 Å². The highest BCUT2D eigenvalue weighted by atomic mass is 32.2. The Labute approximate surface area is 80.1 Å². The zero-order valence-corrected chi connectivity index (χ0v) is 8.44. The van der Waals surface area contributed by atoms with Crippen LogP contribution in [0.25, 0.3) is 0 Å². The fraction of sp³-hybridized carbons (Fsp3) is 0. The van der Waals surface area contributed by atoms with Crippen LogP contribution in [-0.4, -0.2) is 22.8 Å². The molecule has 0 aliphatic carbocycles. The van der Waals surface area contributed by atoms with E-state index in [2.05, 4.69) is 0 Å². The van der Waals surface area contributed by atoms with Gasteiger partial charge >= 0.3 is 7.60 Å². The molecule has 1 aromatic rings. The van der Waals surface area contributed by atoms with Gasteiger partial charge in [-0.1, -0.05) is 12.1 Å². The van der Waals surface area contributed by atoms with Crippen LogP contribution in [0.4, 0.5) is 0 Å². The van der Waals surface area contributed by atoms with E-state index in [0.29, 0.717) is 0 Å². The zero-order chi connectivity index (χ0) is 11.0. The van der Waals surface area contributed by atoms with Crippen LogP contribution in [0.2, 0.25) is 0 Å². The first-order chi connectivity index (χ1) is 6.23. The third-order valence-corrected chi connectivity index (χ3v) is 3.54. The summed E-state index contributed by atoms with van der Waals surface area (Å²) in [5.74, 6) is 0. The first-order valence-corrected chi connectivity index (χ1v) is 6.41. The molecule has 0 atom stereocenters. The monoisotopic (exact) mass is 238 g/mol. The van der Waals surface area contributed by atoms with Gasteiger partial charge < -0.3 is 9.79 Å². The Morgan fingerprint density at radius 2 is 1.64 bits per heavy atom. The highest BCUT2D eigenvalue weighted by Gasteiger charge is 2.26. The molecule has 0 aliphatic rings. The van der Waals surface area contributed by atoms with E-state index in [1.807, 2.05) is 0 Å². The molecular weight excluding hydrogens is 231 g/mol. The molecule has 8 heteroatoms. The SMILES string of the molecule is O=P(O)(O)c1ccccc1S(=O)(=O)O.